The standard InChI is InChI=1S/C20H32N2O2/c1-24-15-18-8-9-20(22(18)14-16-6-7-16)10-12-21(13-11-20)19(23)17-4-2-3-5-17/h2-3,16-18H,4-15H2,1H3/t18-/m1/s1. The molecule has 0 radical (unpaired) electrons. The van der Waals surface area contributed by atoms with Crippen molar-refractivity contribution in [3.63, 3.8) is 0 Å². The van der Waals surface area contributed by atoms with Crippen molar-refractivity contribution in [1.29, 1.82) is 0 Å². The fourth-order valence-corrected chi connectivity index (χ4v) is 5.17. The van der Waals surface area contributed by atoms with Gasteiger partial charge in [-0.3, -0.25) is 9.69 Å². The summed E-state index contributed by atoms with van der Waals surface area (Å²) in [6, 6.07) is 0.594. The van der Waals surface area contributed by atoms with Gasteiger partial charge < -0.3 is 9.64 Å². The second-order valence-electron chi connectivity index (χ2n) is 8.43. The van der Waals surface area contributed by atoms with Crippen LogP contribution in [-0.4, -0.2) is 60.6 Å². The first-order chi connectivity index (χ1) is 11.7. The average molecular weight is 332 g/mol. The number of hydrogen-bond donors (Lipinski definition) is 0. The van der Waals surface area contributed by atoms with Crippen LogP contribution >= 0.6 is 0 Å². The zero-order valence-electron chi connectivity index (χ0n) is 15.1. The summed E-state index contributed by atoms with van der Waals surface area (Å²) in [6.45, 7) is 4.03. The molecular weight excluding hydrogens is 300 g/mol. The number of rotatable bonds is 5. The first-order valence-electron chi connectivity index (χ1n) is 9.91. The van der Waals surface area contributed by atoms with Gasteiger partial charge in [-0.1, -0.05) is 12.2 Å². The number of hydrogen-bond acceptors (Lipinski definition) is 3. The number of allylic oxidation sites excluding steroid dienone is 2. The summed E-state index contributed by atoms with van der Waals surface area (Å²) in [7, 11) is 1.83. The maximum atomic E-state index is 12.7. The first-order valence-corrected chi connectivity index (χ1v) is 9.91. The highest BCUT2D eigenvalue weighted by atomic mass is 16.5. The largest absolute Gasteiger partial charge is 0.383 e. The predicted molar refractivity (Wildman–Crippen MR) is 94.7 cm³/mol. The Kier molecular flexibility index (Phi) is 4.70. The van der Waals surface area contributed by atoms with E-state index in [2.05, 4.69) is 22.0 Å². The molecule has 2 aliphatic heterocycles. The Balaban J connectivity index is 1.39. The molecule has 134 valence electrons. The van der Waals surface area contributed by atoms with Gasteiger partial charge in [-0.15, -0.1) is 0 Å². The second kappa shape index (κ2) is 6.80. The van der Waals surface area contributed by atoms with Crippen molar-refractivity contribution >= 4 is 5.91 Å². The highest BCUT2D eigenvalue weighted by molar-refractivity contribution is 5.79. The number of amides is 1. The molecule has 2 aliphatic carbocycles. The van der Waals surface area contributed by atoms with Crippen LogP contribution in [0.3, 0.4) is 0 Å². The van der Waals surface area contributed by atoms with Crippen molar-refractivity contribution in [2.75, 3.05) is 33.4 Å². The van der Waals surface area contributed by atoms with Crippen molar-refractivity contribution in [3.8, 4) is 0 Å². The predicted octanol–water partition coefficient (Wildman–Crippen LogP) is 2.83. The molecule has 0 aromatic rings. The third kappa shape index (κ3) is 3.15. The van der Waals surface area contributed by atoms with Crippen LogP contribution in [0.5, 0.6) is 0 Å². The number of carbonyl (C=O) groups is 1. The molecule has 3 fully saturated rings. The van der Waals surface area contributed by atoms with E-state index in [4.69, 9.17) is 4.74 Å². The van der Waals surface area contributed by atoms with E-state index in [0.29, 0.717) is 17.5 Å². The molecule has 0 aromatic heterocycles. The summed E-state index contributed by atoms with van der Waals surface area (Å²) in [5.41, 5.74) is 0.344. The van der Waals surface area contributed by atoms with Gasteiger partial charge in [0.25, 0.3) is 0 Å². The van der Waals surface area contributed by atoms with Crippen molar-refractivity contribution in [2.24, 2.45) is 11.8 Å². The minimum absolute atomic E-state index is 0.228. The molecular formula is C20H32N2O2. The second-order valence-corrected chi connectivity index (χ2v) is 8.43. The van der Waals surface area contributed by atoms with Crippen molar-refractivity contribution < 1.29 is 9.53 Å². The zero-order valence-corrected chi connectivity index (χ0v) is 15.1. The number of carbonyl (C=O) groups excluding carboxylic acids is 1. The van der Waals surface area contributed by atoms with Crippen LogP contribution in [0.25, 0.3) is 0 Å². The smallest absolute Gasteiger partial charge is 0.226 e. The summed E-state index contributed by atoms with van der Waals surface area (Å²) in [6.07, 6.45) is 13.9. The SMILES string of the molecule is COC[C@H]1CCC2(CCN(C(=O)C3CC=CC3)CC2)N1CC1CC1. The Morgan fingerprint density at radius 1 is 1.12 bits per heavy atom. The van der Waals surface area contributed by atoms with Crippen LogP contribution in [0.1, 0.15) is 51.4 Å². The number of likely N-dealkylation sites (tertiary alicyclic amines) is 2. The molecule has 4 aliphatic rings. The minimum Gasteiger partial charge on any atom is -0.383 e. The summed E-state index contributed by atoms with van der Waals surface area (Å²) >= 11 is 0. The Labute approximate surface area is 146 Å². The van der Waals surface area contributed by atoms with Gasteiger partial charge in [0.15, 0.2) is 0 Å². The Bertz CT molecular complexity index is 484. The monoisotopic (exact) mass is 332 g/mol. The molecule has 1 spiro atoms. The fourth-order valence-electron chi connectivity index (χ4n) is 5.17. The third-order valence-electron chi connectivity index (χ3n) is 6.87. The van der Waals surface area contributed by atoms with Crippen molar-refractivity contribution in [2.45, 2.75) is 62.9 Å². The number of nitrogens with zero attached hydrogens (tertiary/aromatic N) is 2. The maximum absolute atomic E-state index is 12.7. The highest BCUT2D eigenvalue weighted by Crippen LogP contribution is 2.45. The lowest BCUT2D eigenvalue weighted by molar-refractivity contribution is -0.138. The Morgan fingerprint density at radius 3 is 2.46 bits per heavy atom. The van der Waals surface area contributed by atoms with Crippen molar-refractivity contribution in [1.82, 2.24) is 9.80 Å². The molecule has 2 heterocycles. The molecule has 4 heteroatoms. The van der Waals surface area contributed by atoms with Gasteiger partial charge >= 0.3 is 0 Å². The first kappa shape index (κ1) is 16.6. The third-order valence-corrected chi connectivity index (χ3v) is 6.87. The molecule has 4 nitrogen and oxygen atoms in total. The fraction of sp³-hybridized carbons (Fsp3) is 0.850. The van der Waals surface area contributed by atoms with Gasteiger partial charge in [-0.25, -0.2) is 0 Å². The summed E-state index contributed by atoms with van der Waals surface area (Å²) in [5, 5.41) is 0. The van der Waals surface area contributed by atoms with Crippen LogP contribution in [-0.2, 0) is 9.53 Å². The van der Waals surface area contributed by atoms with E-state index >= 15 is 0 Å². The molecule has 2 saturated heterocycles. The van der Waals surface area contributed by atoms with Crippen molar-refractivity contribution in [3.05, 3.63) is 12.2 Å². The van der Waals surface area contributed by atoms with Crippen LogP contribution in [0.2, 0.25) is 0 Å². The maximum Gasteiger partial charge on any atom is 0.226 e. The van der Waals surface area contributed by atoms with E-state index in [0.717, 1.165) is 51.3 Å². The van der Waals surface area contributed by atoms with E-state index in [1.165, 1.54) is 32.2 Å². The lowest BCUT2D eigenvalue weighted by Crippen LogP contribution is -2.56. The molecule has 24 heavy (non-hydrogen) atoms. The number of ether oxygens (including phenoxy) is 1. The van der Waals surface area contributed by atoms with Crippen LogP contribution < -0.4 is 0 Å². The lowest BCUT2D eigenvalue weighted by atomic mass is 9.84. The summed E-state index contributed by atoms with van der Waals surface area (Å²) in [5.74, 6) is 1.55. The minimum atomic E-state index is 0.228. The molecule has 0 bridgehead atoms. The van der Waals surface area contributed by atoms with Gasteiger partial charge in [0.05, 0.1) is 6.61 Å². The summed E-state index contributed by atoms with van der Waals surface area (Å²) in [4.78, 5) is 17.6. The highest BCUT2D eigenvalue weighted by Gasteiger charge is 2.49. The molecule has 0 N–H and O–H groups in total. The van der Waals surface area contributed by atoms with Crippen LogP contribution in [0, 0.1) is 11.8 Å². The summed E-state index contributed by atoms with van der Waals surface area (Å²) < 4.78 is 5.51. The Hall–Kier alpha value is -0.870. The molecule has 0 unspecified atom stereocenters. The van der Waals surface area contributed by atoms with Crippen LogP contribution in [0.15, 0.2) is 12.2 Å². The topological polar surface area (TPSA) is 32.8 Å². The van der Waals surface area contributed by atoms with E-state index in [-0.39, 0.29) is 5.92 Å². The van der Waals surface area contributed by atoms with Gasteiger partial charge in [0.1, 0.15) is 0 Å². The van der Waals surface area contributed by atoms with Gasteiger partial charge in [0, 0.05) is 44.2 Å². The average Bonchev–Trinajstić information content (AvgIpc) is 3.14. The zero-order chi connectivity index (χ0) is 16.6. The quantitative estimate of drug-likeness (QED) is 0.726. The van der Waals surface area contributed by atoms with E-state index in [1.54, 1.807) is 0 Å². The van der Waals surface area contributed by atoms with E-state index in [1.807, 2.05) is 7.11 Å². The Morgan fingerprint density at radius 2 is 1.83 bits per heavy atom. The molecule has 1 saturated carbocycles. The molecule has 0 aromatic carbocycles. The lowest BCUT2D eigenvalue weighted by Gasteiger charge is -2.47. The van der Waals surface area contributed by atoms with Gasteiger partial charge in [-0.05, 0) is 57.3 Å². The van der Waals surface area contributed by atoms with E-state index < -0.39 is 0 Å². The number of piperidine rings is 1. The van der Waals surface area contributed by atoms with Gasteiger partial charge in [-0.2, -0.15) is 0 Å². The number of methoxy groups -OCH3 is 1. The normalized spacial score (nSPS) is 30.5. The van der Waals surface area contributed by atoms with Crippen LogP contribution in [0.4, 0.5) is 0 Å². The van der Waals surface area contributed by atoms with E-state index in [9.17, 15) is 4.79 Å². The van der Waals surface area contributed by atoms with Gasteiger partial charge in [0.2, 0.25) is 5.91 Å². The molecule has 1 amide bonds. The molecule has 4 rings (SSSR count). The molecule has 1 atom stereocenters.